The number of hydrogen-bond donors (Lipinski definition) is 2. The number of rotatable bonds is 5. The maximum absolute atomic E-state index is 12.6. The highest BCUT2D eigenvalue weighted by atomic mass is 16.5. The van der Waals surface area contributed by atoms with Crippen molar-refractivity contribution in [3.63, 3.8) is 0 Å². The van der Waals surface area contributed by atoms with E-state index in [1.807, 2.05) is 25.3 Å². The lowest BCUT2D eigenvalue weighted by Crippen LogP contribution is -2.51. The third kappa shape index (κ3) is 4.16. The highest BCUT2D eigenvalue weighted by Gasteiger charge is 2.42. The van der Waals surface area contributed by atoms with Crippen molar-refractivity contribution >= 4 is 40.8 Å². The predicted octanol–water partition coefficient (Wildman–Crippen LogP) is 3.40. The maximum Gasteiger partial charge on any atom is 0.271 e. The first-order valence-electron chi connectivity index (χ1n) is 12.9. The molecule has 2 bridgehead atoms. The van der Waals surface area contributed by atoms with Crippen LogP contribution in [0.2, 0.25) is 0 Å². The summed E-state index contributed by atoms with van der Waals surface area (Å²) in [6, 6.07) is 6.87. The van der Waals surface area contributed by atoms with E-state index in [-0.39, 0.29) is 5.91 Å². The number of hydrogen-bond acceptors (Lipinski definition) is 10. The normalized spacial score (nSPS) is 21.9. The molecule has 3 aliphatic rings. The third-order valence-corrected chi connectivity index (χ3v) is 7.65. The van der Waals surface area contributed by atoms with Gasteiger partial charge in [0.15, 0.2) is 17.2 Å². The lowest BCUT2D eigenvalue weighted by Gasteiger charge is -2.36. The minimum atomic E-state index is -0.932. The molecule has 2 fully saturated rings. The summed E-state index contributed by atoms with van der Waals surface area (Å²) >= 11 is 0. The third-order valence-electron chi connectivity index (χ3n) is 7.65. The molecule has 2 unspecified atom stereocenters. The molecule has 3 aromatic rings. The van der Waals surface area contributed by atoms with E-state index in [9.17, 15) is 4.79 Å². The zero-order valence-electron chi connectivity index (χ0n) is 22.6. The molecule has 0 aromatic carbocycles. The number of likely N-dealkylation sites (tertiary alicyclic amines) is 1. The van der Waals surface area contributed by atoms with Gasteiger partial charge in [0.25, 0.3) is 5.91 Å². The summed E-state index contributed by atoms with van der Waals surface area (Å²) in [4.78, 5) is 37.6. The van der Waals surface area contributed by atoms with Crippen LogP contribution < -0.4 is 25.2 Å². The lowest BCUT2D eigenvalue weighted by atomic mass is 10.1. The Kier molecular flexibility index (Phi) is 5.64. The Morgan fingerprint density at radius 2 is 1.79 bits per heavy atom. The summed E-state index contributed by atoms with van der Waals surface area (Å²) in [5, 5.41) is 6.54. The number of nitrogens with zero attached hydrogens (tertiary/aromatic N) is 7. The van der Waals surface area contributed by atoms with Gasteiger partial charge >= 0.3 is 0 Å². The van der Waals surface area contributed by atoms with E-state index in [2.05, 4.69) is 55.4 Å². The topological polar surface area (TPSA) is 112 Å². The van der Waals surface area contributed by atoms with Crippen LogP contribution in [0, 0.1) is 13.8 Å². The van der Waals surface area contributed by atoms with Crippen LogP contribution in [0.3, 0.4) is 0 Å². The molecule has 0 spiro atoms. The number of nitrogens with one attached hydrogen (secondary N) is 2. The van der Waals surface area contributed by atoms with Crippen LogP contribution in [0.25, 0.3) is 0 Å². The largest absolute Gasteiger partial charge is 0.474 e. The van der Waals surface area contributed by atoms with Gasteiger partial charge in [-0.3, -0.25) is 14.6 Å². The standard InChI is InChI=1S/C27H33N9O2/c1-15-9-17(12-28-23(15)36-14-18-10-19(36)13-34(18)5)30-26-29-11-16(2)22(33-26)31-21-8-7-20-24(32-21)35(6)25(37)27(3,4)38-20/h7-9,11-12,18-19H,10,13-14H2,1-6H3,(H2,29,30,31,32,33). The van der Waals surface area contributed by atoms with Crippen LogP contribution in [0.15, 0.2) is 30.6 Å². The van der Waals surface area contributed by atoms with Crippen LogP contribution in [0.4, 0.5) is 34.9 Å². The monoisotopic (exact) mass is 515 g/mol. The van der Waals surface area contributed by atoms with E-state index in [1.54, 1.807) is 27.1 Å². The van der Waals surface area contributed by atoms with Crippen molar-refractivity contribution < 1.29 is 9.53 Å². The van der Waals surface area contributed by atoms with Gasteiger partial charge in [-0.2, -0.15) is 4.98 Å². The van der Waals surface area contributed by atoms with Crippen molar-refractivity contribution in [2.45, 2.75) is 51.8 Å². The van der Waals surface area contributed by atoms with E-state index in [4.69, 9.17) is 9.72 Å². The molecular weight excluding hydrogens is 482 g/mol. The summed E-state index contributed by atoms with van der Waals surface area (Å²) in [5.74, 6) is 3.53. The van der Waals surface area contributed by atoms with Crippen molar-refractivity contribution in [1.29, 1.82) is 0 Å². The van der Waals surface area contributed by atoms with Crippen molar-refractivity contribution in [3.8, 4) is 5.75 Å². The number of ether oxygens (including phenoxy) is 1. The quantitative estimate of drug-likeness (QED) is 0.524. The van der Waals surface area contributed by atoms with Crippen LogP contribution in [0.5, 0.6) is 5.75 Å². The average Bonchev–Trinajstić information content (AvgIpc) is 3.45. The number of carbonyl (C=O) groups excluding carboxylic acids is 1. The number of amides is 1. The van der Waals surface area contributed by atoms with Crippen LogP contribution in [-0.2, 0) is 4.79 Å². The number of pyridine rings is 2. The Hall–Kier alpha value is -3.99. The van der Waals surface area contributed by atoms with Crippen molar-refractivity contribution in [2.24, 2.45) is 0 Å². The first-order chi connectivity index (χ1) is 18.1. The molecule has 0 aliphatic carbocycles. The minimum Gasteiger partial charge on any atom is -0.474 e. The van der Waals surface area contributed by atoms with Gasteiger partial charge in [0.1, 0.15) is 17.5 Å². The molecular formula is C27H33N9O2. The van der Waals surface area contributed by atoms with Crippen LogP contribution in [-0.4, -0.2) is 75.6 Å². The van der Waals surface area contributed by atoms with Gasteiger partial charge in [0, 0.05) is 44.0 Å². The summed E-state index contributed by atoms with van der Waals surface area (Å²) in [7, 11) is 3.91. The van der Waals surface area contributed by atoms with Gasteiger partial charge in [-0.15, -0.1) is 0 Å². The fourth-order valence-electron chi connectivity index (χ4n) is 5.58. The second-order valence-corrected chi connectivity index (χ2v) is 11.0. The van der Waals surface area contributed by atoms with E-state index in [0.717, 1.165) is 35.7 Å². The Morgan fingerprint density at radius 3 is 2.50 bits per heavy atom. The first-order valence-corrected chi connectivity index (χ1v) is 12.9. The van der Waals surface area contributed by atoms with Gasteiger partial charge in [0.05, 0.1) is 11.9 Å². The second kappa shape index (κ2) is 8.80. The lowest BCUT2D eigenvalue weighted by molar-refractivity contribution is -0.132. The molecule has 11 heteroatoms. The molecule has 6 heterocycles. The number of likely N-dealkylation sites (N-methyl/N-ethyl adjacent to an activating group) is 2. The van der Waals surface area contributed by atoms with Crippen molar-refractivity contribution in [1.82, 2.24) is 24.8 Å². The molecule has 3 aliphatic heterocycles. The highest BCUT2D eigenvalue weighted by Crippen LogP contribution is 2.37. The number of aryl methyl sites for hydroxylation is 2. The highest BCUT2D eigenvalue weighted by molar-refractivity contribution is 6.01. The summed E-state index contributed by atoms with van der Waals surface area (Å²) in [6.45, 7) is 9.64. The summed E-state index contributed by atoms with van der Waals surface area (Å²) < 4.78 is 5.86. The SMILES string of the molecule is Cc1cnc(Nc2cnc(N3CC4CC3CN4C)c(C)c2)nc1Nc1ccc2c(n1)N(C)C(=O)C(C)(C)O2. The average molecular weight is 516 g/mol. The van der Waals surface area contributed by atoms with E-state index < -0.39 is 5.60 Å². The fourth-order valence-corrected chi connectivity index (χ4v) is 5.58. The number of aromatic nitrogens is 4. The predicted molar refractivity (Wildman–Crippen MR) is 147 cm³/mol. The Balaban J connectivity index is 1.19. The molecule has 6 rings (SSSR count). The molecule has 2 N–H and O–H groups in total. The van der Waals surface area contributed by atoms with E-state index in [1.165, 1.54) is 11.3 Å². The van der Waals surface area contributed by atoms with Crippen molar-refractivity contribution in [2.75, 3.05) is 47.6 Å². The van der Waals surface area contributed by atoms with E-state index >= 15 is 0 Å². The zero-order valence-corrected chi connectivity index (χ0v) is 22.6. The number of fused-ring (bicyclic) bond motifs is 3. The first kappa shape index (κ1) is 24.4. The van der Waals surface area contributed by atoms with E-state index in [0.29, 0.717) is 41.2 Å². The number of piperazine rings is 1. The summed E-state index contributed by atoms with van der Waals surface area (Å²) in [5.41, 5.74) is 1.88. The van der Waals surface area contributed by atoms with Crippen LogP contribution >= 0.6 is 0 Å². The molecule has 2 atom stereocenters. The second-order valence-electron chi connectivity index (χ2n) is 11.0. The van der Waals surface area contributed by atoms with Crippen molar-refractivity contribution in [3.05, 3.63) is 41.7 Å². The van der Waals surface area contributed by atoms with Gasteiger partial charge in [-0.25, -0.2) is 15.0 Å². The molecule has 198 valence electrons. The fraction of sp³-hybridized carbons (Fsp3) is 0.444. The maximum atomic E-state index is 12.6. The Bertz CT molecular complexity index is 1420. The molecule has 11 nitrogen and oxygen atoms in total. The van der Waals surface area contributed by atoms with Gasteiger partial charge in [-0.05, 0) is 64.9 Å². The van der Waals surface area contributed by atoms with Crippen LogP contribution in [0.1, 0.15) is 31.4 Å². The minimum absolute atomic E-state index is 0.154. The molecule has 3 aromatic heterocycles. The van der Waals surface area contributed by atoms with Gasteiger partial charge in [0.2, 0.25) is 5.95 Å². The molecule has 0 radical (unpaired) electrons. The smallest absolute Gasteiger partial charge is 0.271 e. The zero-order chi connectivity index (χ0) is 26.8. The van der Waals surface area contributed by atoms with Gasteiger partial charge < -0.3 is 20.3 Å². The number of anilines is 6. The molecule has 38 heavy (non-hydrogen) atoms. The Morgan fingerprint density at radius 1 is 0.974 bits per heavy atom. The summed E-state index contributed by atoms with van der Waals surface area (Å²) in [6.07, 6.45) is 4.80. The number of carbonyl (C=O) groups is 1. The molecule has 1 amide bonds. The van der Waals surface area contributed by atoms with Gasteiger partial charge in [-0.1, -0.05) is 0 Å². The molecule has 2 saturated heterocycles. The Labute approximate surface area is 222 Å². The molecule has 0 saturated carbocycles.